The number of aliphatic hydroxyl groups excluding tert-OH is 1. The predicted molar refractivity (Wildman–Crippen MR) is 167 cm³/mol. The Morgan fingerprint density at radius 1 is 1.14 bits per heavy atom. The van der Waals surface area contributed by atoms with Crippen LogP contribution < -0.4 is 11.0 Å². The van der Waals surface area contributed by atoms with Gasteiger partial charge in [0.15, 0.2) is 0 Å². The first-order valence-corrected chi connectivity index (χ1v) is 16.0. The molecule has 10 heteroatoms. The number of ether oxygens (including phenoxy) is 1. The summed E-state index contributed by atoms with van der Waals surface area (Å²) in [4.78, 5) is 23.6. The van der Waals surface area contributed by atoms with E-state index in [0.29, 0.717) is 18.9 Å². The van der Waals surface area contributed by atoms with Crippen LogP contribution >= 0.6 is 0 Å². The molecule has 1 aliphatic heterocycles. The number of aliphatic hydroxyl groups is 2. The monoisotopic (exact) mass is 599 g/mol. The van der Waals surface area contributed by atoms with E-state index in [9.17, 15) is 15.0 Å². The van der Waals surface area contributed by atoms with Crippen LogP contribution in [0.5, 0.6) is 0 Å². The second-order valence-electron chi connectivity index (χ2n) is 12.7. The third kappa shape index (κ3) is 5.79. The van der Waals surface area contributed by atoms with Crippen LogP contribution in [0, 0.1) is 5.92 Å². The van der Waals surface area contributed by atoms with Crippen molar-refractivity contribution >= 4 is 17.1 Å². The van der Waals surface area contributed by atoms with Crippen LogP contribution in [0.15, 0.2) is 64.5 Å². The number of nitrogens with one attached hydrogen (secondary N) is 1. The van der Waals surface area contributed by atoms with E-state index in [-0.39, 0.29) is 23.6 Å². The molecule has 3 aromatic rings. The Morgan fingerprint density at radius 3 is 2.64 bits per heavy atom. The number of aliphatic imine (C=N–C) groups is 1. The van der Waals surface area contributed by atoms with E-state index in [1.54, 1.807) is 6.20 Å². The number of hydroxylamine groups is 1. The summed E-state index contributed by atoms with van der Waals surface area (Å²) in [7, 11) is 0. The molecule has 1 aromatic carbocycles. The summed E-state index contributed by atoms with van der Waals surface area (Å²) in [6.07, 6.45) is 15.1. The molecule has 0 amide bonds. The first kappa shape index (κ1) is 29.2. The van der Waals surface area contributed by atoms with Gasteiger partial charge >= 0.3 is 0 Å². The van der Waals surface area contributed by atoms with E-state index in [2.05, 4.69) is 58.9 Å². The molecule has 7 rings (SSSR count). The molecular formula is C34H41N5O5. The zero-order valence-corrected chi connectivity index (χ0v) is 25.2. The molecule has 3 aliphatic carbocycles. The number of aryl methyl sites for hydroxylation is 1. The van der Waals surface area contributed by atoms with Crippen molar-refractivity contribution in [3.8, 4) is 0 Å². The number of amidine groups is 1. The van der Waals surface area contributed by atoms with Gasteiger partial charge in [0.1, 0.15) is 11.5 Å². The second-order valence-corrected chi connectivity index (χ2v) is 12.7. The highest BCUT2D eigenvalue weighted by Crippen LogP contribution is 2.37. The Kier molecular flexibility index (Phi) is 8.01. The summed E-state index contributed by atoms with van der Waals surface area (Å²) in [5, 5.41) is 24.6. The topological polar surface area (TPSA) is 123 Å². The molecule has 3 N–H and O–H groups in total. The number of hydrogen-bond donors (Lipinski definition) is 3. The molecule has 4 aliphatic rings. The highest BCUT2D eigenvalue weighted by atomic mass is 16.7. The highest BCUT2D eigenvalue weighted by molar-refractivity contribution is 5.96. The zero-order chi connectivity index (χ0) is 30.3. The summed E-state index contributed by atoms with van der Waals surface area (Å²) < 4.78 is 10.0. The molecule has 2 aromatic heterocycles. The largest absolute Gasteiger partial charge is 0.387 e. The Balaban J connectivity index is 1.15. The minimum Gasteiger partial charge on any atom is -0.387 e. The van der Waals surface area contributed by atoms with Crippen LogP contribution in [0.1, 0.15) is 86.7 Å². The molecule has 2 atom stereocenters. The van der Waals surface area contributed by atoms with Crippen molar-refractivity contribution in [3.63, 3.8) is 0 Å². The lowest BCUT2D eigenvalue weighted by molar-refractivity contribution is -0.102. The quantitative estimate of drug-likeness (QED) is 0.319. The van der Waals surface area contributed by atoms with Gasteiger partial charge in [0.05, 0.1) is 30.2 Å². The van der Waals surface area contributed by atoms with Crippen molar-refractivity contribution in [2.75, 3.05) is 6.61 Å². The van der Waals surface area contributed by atoms with Gasteiger partial charge < -0.3 is 14.9 Å². The van der Waals surface area contributed by atoms with E-state index < -0.39 is 12.0 Å². The van der Waals surface area contributed by atoms with E-state index in [1.807, 2.05) is 21.2 Å². The zero-order valence-electron chi connectivity index (χ0n) is 25.2. The molecule has 0 spiro atoms. The maximum atomic E-state index is 14.3. The number of hydrogen-bond acceptors (Lipinski definition) is 8. The van der Waals surface area contributed by atoms with Gasteiger partial charge in [-0.1, -0.05) is 55.8 Å². The Labute approximate surface area is 256 Å². The lowest BCUT2D eigenvalue weighted by Crippen LogP contribution is -2.35. The molecule has 0 saturated heterocycles. The van der Waals surface area contributed by atoms with Crippen LogP contribution in [0.4, 0.5) is 0 Å². The van der Waals surface area contributed by atoms with Gasteiger partial charge in [-0.2, -0.15) is 5.10 Å². The maximum Gasteiger partial charge on any atom is 0.280 e. The van der Waals surface area contributed by atoms with Crippen molar-refractivity contribution in [2.45, 2.75) is 95.3 Å². The first-order valence-electron chi connectivity index (χ1n) is 16.0. The summed E-state index contributed by atoms with van der Waals surface area (Å²) in [6, 6.07) is 10.4. The van der Waals surface area contributed by atoms with Gasteiger partial charge in [-0.05, 0) is 68.1 Å². The number of rotatable bonds is 10. The van der Waals surface area contributed by atoms with Crippen molar-refractivity contribution in [1.82, 2.24) is 19.7 Å². The van der Waals surface area contributed by atoms with E-state index in [4.69, 9.17) is 9.57 Å². The molecule has 2 saturated carbocycles. The van der Waals surface area contributed by atoms with Crippen molar-refractivity contribution in [3.05, 3.63) is 87.5 Å². The standard InChI is InChI=1S/C34H41N5O5/c1-2-5-29-28(20-22-8-10-23(11-9-22)26-6-3-4-7-27(26)31-36-33(41)44-37-31)32(40)38(30-16-19-35-39(29)30)24-12-14-25(15-13-24)43-21-34(42)17-18-34/h3-4,6,8-11,16,19,24-25,27,33,41-42H,2,5,7,12-15,17-18,20-21H2,1H3,(H,36,37). The molecule has 0 bridgehead atoms. The van der Waals surface area contributed by atoms with E-state index >= 15 is 0 Å². The Hall–Kier alpha value is -3.57. The second kappa shape index (κ2) is 12.1. The van der Waals surface area contributed by atoms with Gasteiger partial charge in [-0.25, -0.2) is 19.8 Å². The molecule has 2 unspecified atom stereocenters. The molecule has 2 fully saturated rings. The van der Waals surface area contributed by atoms with Crippen molar-refractivity contribution in [2.24, 2.45) is 10.9 Å². The van der Waals surface area contributed by atoms with Crippen LogP contribution in [-0.4, -0.2) is 55.0 Å². The number of benzene rings is 1. The van der Waals surface area contributed by atoms with E-state index in [1.165, 1.54) is 0 Å². The summed E-state index contributed by atoms with van der Waals surface area (Å²) >= 11 is 0. The van der Waals surface area contributed by atoms with Gasteiger partial charge in [0, 0.05) is 30.0 Å². The average molecular weight is 600 g/mol. The maximum absolute atomic E-state index is 14.3. The predicted octanol–water partition coefficient (Wildman–Crippen LogP) is 4.23. The van der Waals surface area contributed by atoms with Crippen LogP contribution in [0.2, 0.25) is 0 Å². The summed E-state index contributed by atoms with van der Waals surface area (Å²) in [5.41, 5.74) is 8.11. The van der Waals surface area contributed by atoms with Gasteiger partial charge in [-0.15, -0.1) is 0 Å². The third-order valence-corrected chi connectivity index (χ3v) is 9.54. The van der Waals surface area contributed by atoms with Crippen molar-refractivity contribution in [1.29, 1.82) is 0 Å². The fourth-order valence-electron chi connectivity index (χ4n) is 6.89. The number of aromatic nitrogens is 3. The minimum absolute atomic E-state index is 0.0347. The third-order valence-electron chi connectivity index (χ3n) is 9.54. The van der Waals surface area contributed by atoms with Gasteiger partial charge in [0.25, 0.3) is 12.0 Å². The van der Waals surface area contributed by atoms with Crippen LogP contribution in [-0.2, 0) is 22.4 Å². The average Bonchev–Trinajstić information content (AvgIpc) is 3.37. The Bertz CT molecular complexity index is 1660. The summed E-state index contributed by atoms with van der Waals surface area (Å²) in [6.45, 7) is 2.55. The fourth-order valence-corrected chi connectivity index (χ4v) is 6.89. The summed E-state index contributed by atoms with van der Waals surface area (Å²) in [5.74, 6) is 0.586. The SMILES string of the molecule is CCCc1c(Cc2ccc(C3=CC=CCC3C3=NC(O)ON3)cc2)c(=O)n(C2CCC(OCC3(O)CC3)CC2)c2ccnn12. The molecule has 232 valence electrons. The normalized spacial score (nSPS) is 26.0. The fraction of sp³-hybridized carbons (Fsp3) is 0.500. The first-order chi connectivity index (χ1) is 21.4. The molecule has 44 heavy (non-hydrogen) atoms. The number of allylic oxidation sites excluding steroid dienone is 3. The highest BCUT2D eigenvalue weighted by Gasteiger charge is 2.41. The van der Waals surface area contributed by atoms with Gasteiger partial charge in [0.2, 0.25) is 0 Å². The van der Waals surface area contributed by atoms with Crippen LogP contribution in [0.25, 0.3) is 11.2 Å². The number of nitrogens with zero attached hydrogens (tertiary/aromatic N) is 4. The minimum atomic E-state index is -1.18. The van der Waals surface area contributed by atoms with E-state index in [0.717, 1.165) is 91.4 Å². The van der Waals surface area contributed by atoms with Crippen LogP contribution in [0.3, 0.4) is 0 Å². The smallest absolute Gasteiger partial charge is 0.280 e. The molecule has 0 radical (unpaired) electrons. The Morgan fingerprint density at radius 2 is 1.93 bits per heavy atom. The molecule has 3 heterocycles. The molecule has 10 nitrogen and oxygen atoms in total. The number of fused-ring (bicyclic) bond motifs is 1. The lowest BCUT2D eigenvalue weighted by Gasteiger charge is -2.31. The molecular weight excluding hydrogens is 558 g/mol. The van der Waals surface area contributed by atoms with Gasteiger partial charge in [-0.3, -0.25) is 9.36 Å². The van der Waals surface area contributed by atoms with Crippen molar-refractivity contribution < 1.29 is 19.8 Å². The lowest BCUT2D eigenvalue weighted by atomic mass is 9.85.